The number of nitrogens with zero attached hydrogens (tertiary/aromatic N) is 2. The molecule has 6 heteroatoms. The molecule has 20 heavy (non-hydrogen) atoms. The van der Waals surface area contributed by atoms with E-state index in [2.05, 4.69) is 0 Å². The highest BCUT2D eigenvalue weighted by Crippen LogP contribution is 2.24. The van der Waals surface area contributed by atoms with E-state index in [4.69, 9.17) is 10.8 Å². The number of aliphatic carboxylic acids is 1. The van der Waals surface area contributed by atoms with E-state index >= 15 is 0 Å². The zero-order valence-corrected chi connectivity index (χ0v) is 12.0. The van der Waals surface area contributed by atoms with Gasteiger partial charge >= 0.3 is 5.97 Å². The van der Waals surface area contributed by atoms with Gasteiger partial charge in [0.25, 0.3) is 0 Å². The van der Waals surface area contributed by atoms with Crippen LogP contribution in [0, 0.1) is 5.92 Å². The van der Waals surface area contributed by atoms with Crippen LogP contribution in [0.2, 0.25) is 0 Å². The Hall–Kier alpha value is -1.14. The number of hydrogen-bond donors (Lipinski definition) is 2. The van der Waals surface area contributed by atoms with E-state index in [-0.39, 0.29) is 24.4 Å². The van der Waals surface area contributed by atoms with E-state index in [1.54, 1.807) is 0 Å². The van der Waals surface area contributed by atoms with Crippen LogP contribution in [0.5, 0.6) is 0 Å². The Labute approximate surface area is 119 Å². The molecule has 1 aliphatic heterocycles. The molecule has 0 aromatic carbocycles. The van der Waals surface area contributed by atoms with Crippen LogP contribution in [-0.2, 0) is 9.59 Å². The van der Waals surface area contributed by atoms with Gasteiger partial charge in [0, 0.05) is 32.2 Å². The average Bonchev–Trinajstić information content (AvgIpc) is 2.63. The zero-order valence-electron chi connectivity index (χ0n) is 12.0. The van der Waals surface area contributed by atoms with E-state index < -0.39 is 5.97 Å². The van der Waals surface area contributed by atoms with Crippen molar-refractivity contribution >= 4 is 11.9 Å². The van der Waals surface area contributed by atoms with Gasteiger partial charge in [-0.05, 0) is 12.8 Å². The Balaban J connectivity index is 1.85. The van der Waals surface area contributed by atoms with Crippen molar-refractivity contribution < 1.29 is 14.7 Å². The number of rotatable bonds is 3. The van der Waals surface area contributed by atoms with Gasteiger partial charge < -0.3 is 15.7 Å². The van der Waals surface area contributed by atoms with E-state index in [1.165, 1.54) is 6.42 Å². The lowest BCUT2D eigenvalue weighted by atomic mass is 9.93. The standard InChI is InChI=1S/C14H25N3O3/c15-12-5-3-1-2-4-11(12)14(20)17-8-6-16(7-9-17)10-13(18)19/h11-12H,1-10,15H2,(H,18,19). The van der Waals surface area contributed by atoms with E-state index in [1.807, 2.05) is 9.80 Å². The van der Waals surface area contributed by atoms with Gasteiger partial charge in [-0.3, -0.25) is 14.5 Å². The molecule has 0 spiro atoms. The van der Waals surface area contributed by atoms with Crippen LogP contribution >= 0.6 is 0 Å². The Morgan fingerprint density at radius 2 is 1.70 bits per heavy atom. The van der Waals surface area contributed by atoms with Crippen LogP contribution in [0.25, 0.3) is 0 Å². The molecule has 1 heterocycles. The lowest BCUT2D eigenvalue weighted by Gasteiger charge is -2.36. The molecule has 0 bridgehead atoms. The van der Waals surface area contributed by atoms with Gasteiger partial charge in [-0.25, -0.2) is 0 Å². The third kappa shape index (κ3) is 3.93. The largest absolute Gasteiger partial charge is 0.480 e. The summed E-state index contributed by atoms with van der Waals surface area (Å²) in [7, 11) is 0. The predicted octanol–water partition coefficient (Wildman–Crippen LogP) is 0.123. The minimum absolute atomic E-state index is 0.0120. The molecule has 2 atom stereocenters. The van der Waals surface area contributed by atoms with Crippen LogP contribution in [0.4, 0.5) is 0 Å². The number of carboxylic acids is 1. The Kier molecular flexibility index (Phi) is 5.37. The number of amides is 1. The molecule has 2 aliphatic rings. The minimum atomic E-state index is -0.810. The highest BCUT2D eigenvalue weighted by atomic mass is 16.4. The van der Waals surface area contributed by atoms with E-state index in [0.29, 0.717) is 26.2 Å². The Morgan fingerprint density at radius 3 is 2.35 bits per heavy atom. The maximum Gasteiger partial charge on any atom is 0.317 e. The molecule has 1 amide bonds. The van der Waals surface area contributed by atoms with Gasteiger partial charge in [0.2, 0.25) is 5.91 Å². The molecule has 2 unspecified atom stereocenters. The molecule has 1 aliphatic carbocycles. The quantitative estimate of drug-likeness (QED) is 0.719. The smallest absolute Gasteiger partial charge is 0.317 e. The lowest BCUT2D eigenvalue weighted by Crippen LogP contribution is -2.53. The molecule has 114 valence electrons. The van der Waals surface area contributed by atoms with Gasteiger partial charge in [-0.2, -0.15) is 0 Å². The Bertz CT molecular complexity index is 354. The van der Waals surface area contributed by atoms with Gasteiger partial charge in [0.1, 0.15) is 0 Å². The second-order valence-corrected chi connectivity index (χ2v) is 5.90. The third-order valence-electron chi connectivity index (χ3n) is 4.43. The average molecular weight is 283 g/mol. The summed E-state index contributed by atoms with van der Waals surface area (Å²) in [5.74, 6) is -0.673. The normalized spacial score (nSPS) is 28.9. The number of piperazine rings is 1. The van der Waals surface area contributed by atoms with Crippen molar-refractivity contribution in [2.45, 2.75) is 38.1 Å². The van der Waals surface area contributed by atoms with Crippen LogP contribution in [0.3, 0.4) is 0 Å². The number of nitrogens with two attached hydrogens (primary N) is 1. The van der Waals surface area contributed by atoms with E-state index in [0.717, 1.165) is 25.7 Å². The molecule has 3 N–H and O–H groups in total. The van der Waals surface area contributed by atoms with Gasteiger partial charge in [-0.1, -0.05) is 19.3 Å². The van der Waals surface area contributed by atoms with Crippen LogP contribution < -0.4 is 5.73 Å². The number of carbonyl (C=O) groups excluding carboxylic acids is 1. The van der Waals surface area contributed by atoms with Crippen molar-refractivity contribution in [2.24, 2.45) is 11.7 Å². The fourth-order valence-corrected chi connectivity index (χ4v) is 3.20. The van der Waals surface area contributed by atoms with Crippen LogP contribution in [0.15, 0.2) is 0 Å². The first-order chi connectivity index (χ1) is 9.58. The summed E-state index contributed by atoms with van der Waals surface area (Å²) in [6, 6.07) is -0.0120. The molecule has 0 aromatic heterocycles. The minimum Gasteiger partial charge on any atom is -0.480 e. The zero-order chi connectivity index (χ0) is 14.5. The summed E-state index contributed by atoms with van der Waals surface area (Å²) in [4.78, 5) is 27.0. The molecule has 6 nitrogen and oxygen atoms in total. The fraction of sp³-hybridized carbons (Fsp3) is 0.857. The maximum atomic E-state index is 12.6. The van der Waals surface area contributed by atoms with Gasteiger partial charge in [0.05, 0.1) is 12.5 Å². The molecule has 2 fully saturated rings. The number of hydrogen-bond acceptors (Lipinski definition) is 4. The molecule has 1 saturated carbocycles. The monoisotopic (exact) mass is 283 g/mol. The number of carbonyl (C=O) groups is 2. The summed E-state index contributed by atoms with van der Waals surface area (Å²) in [6.07, 6.45) is 5.22. The highest BCUT2D eigenvalue weighted by Gasteiger charge is 2.32. The summed E-state index contributed by atoms with van der Waals surface area (Å²) < 4.78 is 0. The molecular formula is C14H25N3O3. The maximum absolute atomic E-state index is 12.6. The molecule has 2 rings (SSSR count). The van der Waals surface area contributed by atoms with Crippen molar-refractivity contribution in [1.29, 1.82) is 0 Å². The first kappa shape index (κ1) is 15.3. The second kappa shape index (κ2) is 7.04. The Morgan fingerprint density at radius 1 is 1.05 bits per heavy atom. The predicted molar refractivity (Wildman–Crippen MR) is 75.2 cm³/mol. The lowest BCUT2D eigenvalue weighted by molar-refractivity contribution is -0.140. The van der Waals surface area contributed by atoms with Crippen molar-refractivity contribution in [3.8, 4) is 0 Å². The topological polar surface area (TPSA) is 86.9 Å². The first-order valence-electron chi connectivity index (χ1n) is 7.56. The van der Waals surface area contributed by atoms with Gasteiger partial charge in [-0.15, -0.1) is 0 Å². The number of carboxylic acid groups (broad SMARTS) is 1. The van der Waals surface area contributed by atoms with E-state index in [9.17, 15) is 9.59 Å². The SMILES string of the molecule is NC1CCCCCC1C(=O)N1CCN(CC(=O)O)CC1. The van der Waals surface area contributed by atoms with Crippen LogP contribution in [0.1, 0.15) is 32.1 Å². The van der Waals surface area contributed by atoms with Crippen molar-refractivity contribution in [2.75, 3.05) is 32.7 Å². The van der Waals surface area contributed by atoms with Crippen molar-refractivity contribution in [1.82, 2.24) is 9.80 Å². The van der Waals surface area contributed by atoms with Crippen molar-refractivity contribution in [3.05, 3.63) is 0 Å². The highest BCUT2D eigenvalue weighted by molar-refractivity contribution is 5.79. The third-order valence-corrected chi connectivity index (χ3v) is 4.43. The summed E-state index contributed by atoms with van der Waals surface area (Å²) in [5.41, 5.74) is 6.14. The fourth-order valence-electron chi connectivity index (χ4n) is 3.20. The summed E-state index contributed by atoms with van der Waals surface area (Å²) in [6.45, 7) is 2.58. The molecular weight excluding hydrogens is 258 g/mol. The van der Waals surface area contributed by atoms with Crippen LogP contribution in [-0.4, -0.2) is 65.5 Å². The molecule has 1 saturated heterocycles. The van der Waals surface area contributed by atoms with Gasteiger partial charge in [0.15, 0.2) is 0 Å². The second-order valence-electron chi connectivity index (χ2n) is 5.90. The van der Waals surface area contributed by atoms with Crippen molar-refractivity contribution in [3.63, 3.8) is 0 Å². The summed E-state index contributed by atoms with van der Waals surface area (Å²) in [5, 5.41) is 8.77. The first-order valence-corrected chi connectivity index (χ1v) is 7.56. The molecule has 0 radical (unpaired) electrons. The molecule has 0 aromatic rings. The summed E-state index contributed by atoms with van der Waals surface area (Å²) >= 11 is 0.